The Bertz CT molecular complexity index is 320. The van der Waals surface area contributed by atoms with Gasteiger partial charge in [-0.15, -0.1) is 5.10 Å². The van der Waals surface area contributed by atoms with E-state index in [0.29, 0.717) is 11.7 Å². The van der Waals surface area contributed by atoms with Gasteiger partial charge in [0, 0.05) is 11.4 Å². The molecule has 1 saturated carbocycles. The van der Waals surface area contributed by atoms with Gasteiger partial charge >= 0.3 is 0 Å². The quantitative estimate of drug-likeness (QED) is 0.771. The molecule has 1 amide bonds. The molecule has 1 aliphatic carbocycles. The number of rotatable bonds is 2. The van der Waals surface area contributed by atoms with E-state index in [0.717, 1.165) is 6.42 Å². The molecule has 1 aromatic heterocycles. The van der Waals surface area contributed by atoms with Crippen molar-refractivity contribution in [3.8, 4) is 0 Å². The molecule has 0 spiro atoms. The predicted octanol–water partition coefficient (Wildman–Crippen LogP) is 1.07. The van der Waals surface area contributed by atoms with E-state index < -0.39 is 0 Å². The number of carbonyl (C=O) groups excluding carboxylic acids is 1. The summed E-state index contributed by atoms with van der Waals surface area (Å²) >= 11 is 1.19. The fraction of sp³-hybridized carbons (Fsp3) is 0.625. The molecule has 1 unspecified atom stereocenters. The van der Waals surface area contributed by atoms with Crippen molar-refractivity contribution in [1.82, 2.24) is 14.9 Å². The van der Waals surface area contributed by atoms with Gasteiger partial charge < -0.3 is 5.32 Å². The lowest BCUT2D eigenvalue weighted by atomic mass is 10.2. The second-order valence-corrected chi connectivity index (χ2v) is 4.62. The van der Waals surface area contributed by atoms with E-state index in [1.54, 1.807) is 5.38 Å². The van der Waals surface area contributed by atoms with E-state index in [4.69, 9.17) is 0 Å². The number of aromatic nitrogens is 2. The summed E-state index contributed by atoms with van der Waals surface area (Å²) in [5.41, 5.74) is 0.687. The Morgan fingerprint density at radius 3 is 2.92 bits per heavy atom. The van der Waals surface area contributed by atoms with E-state index >= 15 is 0 Å². The molecule has 4 nitrogen and oxygen atoms in total. The molecular weight excluding hydrogens is 186 g/mol. The summed E-state index contributed by atoms with van der Waals surface area (Å²) in [5, 5.41) is 8.27. The molecule has 1 atom stereocenters. The van der Waals surface area contributed by atoms with Gasteiger partial charge in [-0.2, -0.15) is 0 Å². The molecule has 0 radical (unpaired) electrons. The summed E-state index contributed by atoms with van der Waals surface area (Å²) in [6, 6.07) is 0.307. The normalized spacial score (nSPS) is 24.0. The Hall–Kier alpha value is -0.970. The molecule has 0 bridgehead atoms. The van der Waals surface area contributed by atoms with Crippen LogP contribution in [0.3, 0.4) is 0 Å². The van der Waals surface area contributed by atoms with Crippen LogP contribution in [0.2, 0.25) is 0 Å². The number of hydrogen-bond acceptors (Lipinski definition) is 4. The Morgan fingerprint density at radius 2 is 2.46 bits per heavy atom. The summed E-state index contributed by atoms with van der Waals surface area (Å²) < 4.78 is 3.64. The zero-order valence-electron chi connectivity index (χ0n) is 7.57. The number of hydrogen-bond donors (Lipinski definition) is 1. The molecule has 1 fully saturated rings. The number of carbonyl (C=O) groups is 1. The molecule has 0 saturated heterocycles. The first-order valence-corrected chi connectivity index (χ1v) is 5.01. The van der Waals surface area contributed by atoms with Gasteiger partial charge in [-0.25, -0.2) is 0 Å². The molecule has 1 N–H and O–H groups in total. The smallest absolute Gasteiger partial charge is 0.272 e. The van der Waals surface area contributed by atoms with Gasteiger partial charge in [0.15, 0.2) is 5.69 Å². The molecule has 13 heavy (non-hydrogen) atoms. The summed E-state index contributed by atoms with van der Waals surface area (Å²) in [4.78, 5) is 11.4. The Balaban J connectivity index is 1.94. The summed E-state index contributed by atoms with van der Waals surface area (Å²) in [7, 11) is 0. The Kier molecular flexibility index (Phi) is 1.83. The minimum Gasteiger partial charge on any atom is -0.347 e. The Morgan fingerprint density at radius 1 is 1.77 bits per heavy atom. The lowest BCUT2D eigenvalue weighted by molar-refractivity contribution is 0.0941. The lowest BCUT2D eigenvalue weighted by Gasteiger charge is -2.03. The van der Waals surface area contributed by atoms with Gasteiger partial charge in [-0.1, -0.05) is 18.3 Å². The molecule has 70 valence electrons. The average Bonchev–Trinajstić information content (AvgIpc) is 2.58. The summed E-state index contributed by atoms with van der Waals surface area (Å²) in [6.45, 7) is 4.27. The SMILES string of the molecule is CC1(C)CC1NC(=O)c1csnn1. The summed E-state index contributed by atoms with van der Waals surface area (Å²) in [5.74, 6) is -0.107. The first-order valence-electron chi connectivity index (χ1n) is 4.17. The number of amides is 1. The highest BCUT2D eigenvalue weighted by Crippen LogP contribution is 2.44. The highest BCUT2D eigenvalue weighted by atomic mass is 32.1. The van der Waals surface area contributed by atoms with E-state index in [1.807, 2.05) is 0 Å². The van der Waals surface area contributed by atoms with Crippen molar-refractivity contribution in [3.05, 3.63) is 11.1 Å². The lowest BCUT2D eigenvalue weighted by Crippen LogP contribution is -2.28. The highest BCUT2D eigenvalue weighted by Gasteiger charge is 2.46. The van der Waals surface area contributed by atoms with Gasteiger partial charge in [0.2, 0.25) is 0 Å². The van der Waals surface area contributed by atoms with Gasteiger partial charge in [0.1, 0.15) is 0 Å². The Labute approximate surface area is 80.5 Å². The van der Waals surface area contributed by atoms with E-state index in [9.17, 15) is 4.79 Å². The third kappa shape index (κ3) is 1.70. The largest absolute Gasteiger partial charge is 0.347 e. The van der Waals surface area contributed by atoms with Gasteiger partial charge in [-0.3, -0.25) is 4.79 Å². The van der Waals surface area contributed by atoms with Crippen LogP contribution in [0.25, 0.3) is 0 Å². The standard InChI is InChI=1S/C8H11N3OS/c1-8(2)3-6(8)9-7(12)5-4-13-11-10-5/h4,6H,3H2,1-2H3,(H,9,12). The van der Waals surface area contributed by atoms with E-state index in [-0.39, 0.29) is 11.3 Å². The van der Waals surface area contributed by atoms with Crippen molar-refractivity contribution in [2.75, 3.05) is 0 Å². The molecule has 1 heterocycles. The maximum absolute atomic E-state index is 11.4. The van der Waals surface area contributed by atoms with Crippen LogP contribution in [0.5, 0.6) is 0 Å². The molecule has 0 aliphatic heterocycles. The second kappa shape index (κ2) is 2.77. The fourth-order valence-corrected chi connectivity index (χ4v) is 1.65. The van der Waals surface area contributed by atoms with Crippen LogP contribution in [0.15, 0.2) is 5.38 Å². The van der Waals surface area contributed by atoms with Crippen LogP contribution < -0.4 is 5.32 Å². The number of nitrogens with zero attached hydrogens (tertiary/aromatic N) is 2. The first kappa shape index (κ1) is 8.62. The number of nitrogens with one attached hydrogen (secondary N) is 1. The molecule has 1 aliphatic rings. The first-order chi connectivity index (χ1) is 6.09. The van der Waals surface area contributed by atoms with E-state index in [1.165, 1.54) is 11.5 Å². The molecular formula is C8H11N3OS. The van der Waals surface area contributed by atoms with Crippen molar-refractivity contribution in [2.45, 2.75) is 26.3 Å². The third-order valence-corrected chi connectivity index (χ3v) is 2.92. The fourth-order valence-electron chi connectivity index (χ4n) is 1.21. The minimum atomic E-state index is -0.107. The van der Waals surface area contributed by atoms with Crippen LogP contribution in [0.4, 0.5) is 0 Å². The van der Waals surface area contributed by atoms with Crippen LogP contribution in [0, 0.1) is 5.41 Å². The van der Waals surface area contributed by atoms with Crippen molar-refractivity contribution in [3.63, 3.8) is 0 Å². The molecule has 5 heteroatoms. The molecule has 2 rings (SSSR count). The van der Waals surface area contributed by atoms with Crippen molar-refractivity contribution >= 4 is 17.4 Å². The average molecular weight is 197 g/mol. The van der Waals surface area contributed by atoms with Gasteiger partial charge in [0.05, 0.1) is 0 Å². The van der Waals surface area contributed by atoms with Crippen molar-refractivity contribution in [2.24, 2.45) is 5.41 Å². The highest BCUT2D eigenvalue weighted by molar-refractivity contribution is 7.03. The second-order valence-electron chi connectivity index (χ2n) is 4.01. The van der Waals surface area contributed by atoms with Crippen LogP contribution >= 0.6 is 11.5 Å². The van der Waals surface area contributed by atoms with Gasteiger partial charge in [0.25, 0.3) is 5.91 Å². The van der Waals surface area contributed by atoms with Crippen molar-refractivity contribution in [1.29, 1.82) is 0 Å². The zero-order valence-corrected chi connectivity index (χ0v) is 8.39. The predicted molar refractivity (Wildman–Crippen MR) is 49.6 cm³/mol. The maximum Gasteiger partial charge on any atom is 0.272 e. The maximum atomic E-state index is 11.4. The van der Waals surface area contributed by atoms with Gasteiger partial charge in [-0.05, 0) is 23.4 Å². The topological polar surface area (TPSA) is 54.9 Å². The molecule has 0 aromatic carbocycles. The van der Waals surface area contributed by atoms with Crippen LogP contribution in [0.1, 0.15) is 30.8 Å². The minimum absolute atomic E-state index is 0.107. The monoisotopic (exact) mass is 197 g/mol. The zero-order chi connectivity index (χ0) is 9.47. The third-order valence-electron chi connectivity index (χ3n) is 2.41. The van der Waals surface area contributed by atoms with Crippen LogP contribution in [-0.2, 0) is 0 Å². The van der Waals surface area contributed by atoms with Crippen molar-refractivity contribution < 1.29 is 4.79 Å². The van der Waals surface area contributed by atoms with Crippen LogP contribution in [-0.4, -0.2) is 21.5 Å². The van der Waals surface area contributed by atoms with E-state index in [2.05, 4.69) is 28.8 Å². The summed E-state index contributed by atoms with van der Waals surface area (Å²) in [6.07, 6.45) is 1.05. The molecule has 1 aromatic rings.